The van der Waals surface area contributed by atoms with Crippen molar-refractivity contribution < 1.29 is 22.3 Å². The number of carbonyl (C=O) groups is 1. The Hall–Kier alpha value is -3.39. The number of sulfonamides is 1. The zero-order chi connectivity index (χ0) is 23.3. The van der Waals surface area contributed by atoms with Gasteiger partial charge in [-0.1, -0.05) is 29.8 Å². The molecule has 1 N–H and O–H groups in total. The minimum absolute atomic E-state index is 0.0671. The Balaban J connectivity index is 1.64. The van der Waals surface area contributed by atoms with Crippen molar-refractivity contribution in [1.29, 1.82) is 0 Å². The van der Waals surface area contributed by atoms with E-state index < -0.39 is 10.0 Å². The molecule has 0 heterocycles. The highest BCUT2D eigenvalue weighted by molar-refractivity contribution is 7.92. The van der Waals surface area contributed by atoms with E-state index in [2.05, 4.69) is 5.32 Å². The molecule has 0 aromatic heterocycles. The molecule has 0 saturated carbocycles. The lowest BCUT2D eigenvalue weighted by atomic mass is 10.1. The fourth-order valence-electron chi connectivity index (χ4n) is 3.15. The van der Waals surface area contributed by atoms with Crippen molar-refractivity contribution >= 4 is 27.3 Å². The molecule has 0 atom stereocenters. The lowest BCUT2D eigenvalue weighted by Gasteiger charge is -2.23. The molecular formula is C24H25FN2O4S. The molecule has 1 amide bonds. The van der Waals surface area contributed by atoms with E-state index in [0.29, 0.717) is 17.0 Å². The summed E-state index contributed by atoms with van der Waals surface area (Å²) in [6, 6.07) is 17.8. The van der Waals surface area contributed by atoms with Crippen molar-refractivity contribution in [3.05, 3.63) is 89.2 Å². The van der Waals surface area contributed by atoms with E-state index in [1.807, 2.05) is 32.0 Å². The van der Waals surface area contributed by atoms with Crippen LogP contribution in [0.3, 0.4) is 0 Å². The number of hydrogen-bond donors (Lipinski definition) is 1. The van der Waals surface area contributed by atoms with Crippen LogP contribution in [0.2, 0.25) is 0 Å². The van der Waals surface area contributed by atoms with Crippen LogP contribution in [0.5, 0.6) is 5.75 Å². The first kappa shape index (κ1) is 23.3. The Kier molecular flexibility index (Phi) is 7.15. The summed E-state index contributed by atoms with van der Waals surface area (Å²) >= 11 is 0. The number of hydrogen-bond acceptors (Lipinski definition) is 4. The molecule has 0 spiro atoms. The van der Waals surface area contributed by atoms with Gasteiger partial charge in [0.25, 0.3) is 5.91 Å². The standard InChI is InChI=1S/C24H25FN2O4S/c1-17-4-13-23(18(2)14-17)26-24(28)16-31-22-11-9-21(10-12-22)27(32(3,29)30)15-19-5-7-20(25)8-6-19/h4-14H,15-16H2,1-3H3,(H,26,28). The number of nitrogens with zero attached hydrogens (tertiary/aromatic N) is 1. The Labute approximate surface area is 187 Å². The summed E-state index contributed by atoms with van der Waals surface area (Å²) in [5.41, 5.74) is 3.89. The van der Waals surface area contributed by atoms with Crippen LogP contribution in [0.4, 0.5) is 15.8 Å². The molecule has 0 saturated heterocycles. The second kappa shape index (κ2) is 9.82. The molecule has 0 aliphatic rings. The third-order valence-corrected chi connectivity index (χ3v) is 5.93. The van der Waals surface area contributed by atoms with Crippen LogP contribution in [0, 0.1) is 19.7 Å². The molecule has 0 bridgehead atoms. The van der Waals surface area contributed by atoms with Crippen molar-refractivity contribution in [2.24, 2.45) is 0 Å². The van der Waals surface area contributed by atoms with Gasteiger partial charge in [-0.15, -0.1) is 0 Å². The number of aryl methyl sites for hydroxylation is 2. The predicted molar refractivity (Wildman–Crippen MR) is 124 cm³/mol. The van der Waals surface area contributed by atoms with Crippen molar-refractivity contribution in [3.63, 3.8) is 0 Å². The molecule has 0 fully saturated rings. The maximum Gasteiger partial charge on any atom is 0.262 e. The minimum Gasteiger partial charge on any atom is -0.484 e. The molecule has 32 heavy (non-hydrogen) atoms. The summed E-state index contributed by atoms with van der Waals surface area (Å²) in [5.74, 6) is -0.252. The number of anilines is 2. The van der Waals surface area contributed by atoms with E-state index in [0.717, 1.165) is 23.1 Å². The highest BCUT2D eigenvalue weighted by atomic mass is 32.2. The summed E-state index contributed by atoms with van der Waals surface area (Å²) in [7, 11) is -3.57. The third-order valence-electron chi connectivity index (χ3n) is 4.79. The number of carbonyl (C=O) groups excluding carboxylic acids is 1. The van der Waals surface area contributed by atoms with Crippen molar-refractivity contribution in [1.82, 2.24) is 0 Å². The molecule has 3 aromatic carbocycles. The van der Waals surface area contributed by atoms with Crippen molar-refractivity contribution in [2.75, 3.05) is 22.5 Å². The molecule has 0 aliphatic heterocycles. The van der Waals surface area contributed by atoms with Crippen LogP contribution in [0.25, 0.3) is 0 Å². The zero-order valence-electron chi connectivity index (χ0n) is 18.1. The van der Waals surface area contributed by atoms with E-state index in [-0.39, 0.29) is 24.9 Å². The van der Waals surface area contributed by atoms with Crippen LogP contribution in [0.1, 0.15) is 16.7 Å². The maximum absolute atomic E-state index is 13.1. The van der Waals surface area contributed by atoms with Gasteiger partial charge >= 0.3 is 0 Å². The largest absolute Gasteiger partial charge is 0.484 e. The van der Waals surface area contributed by atoms with E-state index in [1.54, 1.807) is 36.4 Å². The minimum atomic E-state index is -3.57. The smallest absolute Gasteiger partial charge is 0.262 e. The van der Waals surface area contributed by atoms with Crippen molar-refractivity contribution in [2.45, 2.75) is 20.4 Å². The number of nitrogens with one attached hydrogen (secondary N) is 1. The maximum atomic E-state index is 13.1. The molecule has 0 aliphatic carbocycles. The summed E-state index contributed by atoms with van der Waals surface area (Å²) in [6.07, 6.45) is 1.11. The molecular weight excluding hydrogens is 431 g/mol. The number of amides is 1. The quantitative estimate of drug-likeness (QED) is 0.544. The molecule has 3 aromatic rings. The van der Waals surface area contributed by atoms with E-state index >= 15 is 0 Å². The predicted octanol–water partition coefficient (Wildman–Crippen LogP) is 4.43. The first-order valence-corrected chi connectivity index (χ1v) is 11.8. The van der Waals surface area contributed by atoms with Crippen LogP contribution in [0.15, 0.2) is 66.7 Å². The van der Waals surface area contributed by atoms with Gasteiger partial charge in [0.1, 0.15) is 11.6 Å². The van der Waals surface area contributed by atoms with Crippen LogP contribution in [-0.4, -0.2) is 27.2 Å². The van der Waals surface area contributed by atoms with Gasteiger partial charge < -0.3 is 10.1 Å². The van der Waals surface area contributed by atoms with Gasteiger partial charge in [-0.05, 0) is 67.4 Å². The van der Waals surface area contributed by atoms with E-state index in [1.165, 1.54) is 16.4 Å². The fraction of sp³-hybridized carbons (Fsp3) is 0.208. The lowest BCUT2D eigenvalue weighted by Crippen LogP contribution is -2.29. The van der Waals surface area contributed by atoms with Gasteiger partial charge in [0.2, 0.25) is 10.0 Å². The SMILES string of the molecule is Cc1ccc(NC(=O)COc2ccc(N(Cc3ccc(F)cc3)S(C)(=O)=O)cc2)c(C)c1. The van der Waals surface area contributed by atoms with Gasteiger partial charge in [0.15, 0.2) is 6.61 Å². The fourth-order valence-corrected chi connectivity index (χ4v) is 4.04. The highest BCUT2D eigenvalue weighted by Crippen LogP contribution is 2.24. The third kappa shape index (κ3) is 6.31. The Morgan fingerprint density at radius 3 is 2.25 bits per heavy atom. The Morgan fingerprint density at radius 1 is 1.00 bits per heavy atom. The van der Waals surface area contributed by atoms with E-state index in [4.69, 9.17) is 4.74 Å². The summed E-state index contributed by atoms with van der Waals surface area (Å²) in [5, 5.41) is 2.81. The highest BCUT2D eigenvalue weighted by Gasteiger charge is 2.18. The molecule has 0 radical (unpaired) electrons. The molecule has 168 valence electrons. The summed E-state index contributed by atoms with van der Waals surface area (Å²) in [6.45, 7) is 3.78. The average Bonchev–Trinajstić information content (AvgIpc) is 2.73. The van der Waals surface area contributed by atoms with Gasteiger partial charge in [-0.2, -0.15) is 0 Å². The molecule has 6 nitrogen and oxygen atoms in total. The number of benzene rings is 3. The second-order valence-corrected chi connectivity index (χ2v) is 9.45. The van der Waals surface area contributed by atoms with Gasteiger partial charge in [-0.25, -0.2) is 12.8 Å². The number of halogens is 1. The number of rotatable bonds is 8. The average molecular weight is 457 g/mol. The number of ether oxygens (including phenoxy) is 1. The molecule has 0 unspecified atom stereocenters. The van der Waals surface area contributed by atoms with Gasteiger partial charge in [0.05, 0.1) is 18.5 Å². The first-order chi connectivity index (χ1) is 15.1. The molecule has 3 rings (SSSR count). The van der Waals surface area contributed by atoms with Crippen LogP contribution in [-0.2, 0) is 21.4 Å². The van der Waals surface area contributed by atoms with Gasteiger partial charge in [0, 0.05) is 5.69 Å². The Morgan fingerprint density at radius 2 is 1.66 bits per heavy atom. The summed E-state index contributed by atoms with van der Waals surface area (Å²) in [4.78, 5) is 12.2. The zero-order valence-corrected chi connectivity index (χ0v) is 18.9. The monoisotopic (exact) mass is 456 g/mol. The van der Waals surface area contributed by atoms with Crippen LogP contribution >= 0.6 is 0 Å². The summed E-state index contributed by atoms with van der Waals surface area (Å²) < 4.78 is 44.5. The van der Waals surface area contributed by atoms with E-state index in [9.17, 15) is 17.6 Å². The Bertz CT molecular complexity index is 1190. The van der Waals surface area contributed by atoms with Gasteiger partial charge in [-0.3, -0.25) is 9.10 Å². The van der Waals surface area contributed by atoms with Crippen molar-refractivity contribution in [3.8, 4) is 5.75 Å². The lowest BCUT2D eigenvalue weighted by molar-refractivity contribution is -0.118. The normalized spacial score (nSPS) is 11.1. The van der Waals surface area contributed by atoms with Crippen LogP contribution < -0.4 is 14.4 Å². The first-order valence-electron chi connectivity index (χ1n) is 9.94. The second-order valence-electron chi connectivity index (χ2n) is 7.55. The molecule has 8 heteroatoms. The topological polar surface area (TPSA) is 75.7 Å².